The Kier molecular flexibility index (Phi) is 4.96. The molecular formula is C17H23NO2. The van der Waals surface area contributed by atoms with E-state index >= 15 is 0 Å². The van der Waals surface area contributed by atoms with Gasteiger partial charge in [0.1, 0.15) is 0 Å². The van der Waals surface area contributed by atoms with Crippen LogP contribution in [0.2, 0.25) is 0 Å². The molecule has 3 nitrogen and oxygen atoms in total. The fraction of sp³-hybridized carbons (Fsp3) is 0.471. The van der Waals surface area contributed by atoms with Crippen molar-refractivity contribution in [3.63, 3.8) is 0 Å². The van der Waals surface area contributed by atoms with Crippen LogP contribution in [0.25, 0.3) is 6.08 Å². The number of nitrogens with zero attached hydrogens (tertiary/aromatic N) is 1. The molecule has 0 aliphatic carbocycles. The molecule has 0 aromatic heterocycles. The van der Waals surface area contributed by atoms with Crippen molar-refractivity contribution in [2.24, 2.45) is 11.8 Å². The van der Waals surface area contributed by atoms with Gasteiger partial charge in [-0.25, -0.2) is 4.79 Å². The molecule has 20 heavy (non-hydrogen) atoms. The first-order valence-electron chi connectivity index (χ1n) is 7.27. The van der Waals surface area contributed by atoms with Gasteiger partial charge in [-0.15, -0.1) is 0 Å². The van der Waals surface area contributed by atoms with E-state index in [1.807, 2.05) is 12.1 Å². The highest BCUT2D eigenvalue weighted by Crippen LogP contribution is 2.24. The van der Waals surface area contributed by atoms with Crippen molar-refractivity contribution >= 4 is 12.0 Å². The van der Waals surface area contributed by atoms with Gasteiger partial charge in [0, 0.05) is 19.2 Å². The van der Waals surface area contributed by atoms with E-state index in [1.54, 1.807) is 6.08 Å². The zero-order valence-corrected chi connectivity index (χ0v) is 12.2. The molecule has 0 spiro atoms. The van der Waals surface area contributed by atoms with Crippen LogP contribution in [0.1, 0.15) is 31.4 Å². The van der Waals surface area contributed by atoms with Crippen molar-refractivity contribution in [3.05, 3.63) is 41.5 Å². The second-order valence-corrected chi connectivity index (χ2v) is 5.94. The minimum Gasteiger partial charge on any atom is -0.478 e. The summed E-state index contributed by atoms with van der Waals surface area (Å²) in [5.41, 5.74) is 2.22. The van der Waals surface area contributed by atoms with Gasteiger partial charge in [-0.05, 0) is 42.0 Å². The second kappa shape index (κ2) is 6.71. The smallest absolute Gasteiger partial charge is 0.328 e. The summed E-state index contributed by atoms with van der Waals surface area (Å²) in [5, 5.41) is 8.60. The third-order valence-corrected chi connectivity index (χ3v) is 4.06. The maximum Gasteiger partial charge on any atom is 0.328 e. The molecule has 2 rings (SSSR count). The maximum atomic E-state index is 10.5. The number of aliphatic carboxylic acids is 1. The van der Waals surface area contributed by atoms with Crippen LogP contribution in [-0.2, 0) is 11.3 Å². The lowest BCUT2D eigenvalue weighted by Gasteiger charge is -2.17. The van der Waals surface area contributed by atoms with E-state index in [0.717, 1.165) is 23.9 Å². The van der Waals surface area contributed by atoms with Crippen molar-refractivity contribution in [3.8, 4) is 0 Å². The van der Waals surface area contributed by atoms with Crippen molar-refractivity contribution in [1.29, 1.82) is 0 Å². The van der Waals surface area contributed by atoms with Crippen LogP contribution >= 0.6 is 0 Å². The van der Waals surface area contributed by atoms with E-state index in [0.29, 0.717) is 0 Å². The summed E-state index contributed by atoms with van der Waals surface area (Å²) in [7, 11) is 0. The third kappa shape index (κ3) is 4.20. The van der Waals surface area contributed by atoms with Gasteiger partial charge in [-0.3, -0.25) is 4.90 Å². The van der Waals surface area contributed by atoms with Crippen LogP contribution in [-0.4, -0.2) is 29.1 Å². The molecule has 1 saturated heterocycles. The number of carboxylic acid groups (broad SMARTS) is 1. The number of hydrogen-bond donors (Lipinski definition) is 1. The Hall–Kier alpha value is -1.61. The summed E-state index contributed by atoms with van der Waals surface area (Å²) >= 11 is 0. The lowest BCUT2D eigenvalue weighted by Crippen LogP contribution is -2.21. The van der Waals surface area contributed by atoms with Gasteiger partial charge in [0.05, 0.1) is 0 Å². The molecule has 1 heterocycles. The maximum absolute atomic E-state index is 10.5. The number of rotatable bonds is 5. The third-order valence-electron chi connectivity index (χ3n) is 4.06. The van der Waals surface area contributed by atoms with Crippen LogP contribution in [0.15, 0.2) is 30.3 Å². The van der Waals surface area contributed by atoms with Gasteiger partial charge in [-0.1, -0.05) is 38.1 Å². The minimum absolute atomic E-state index is 0.767. The predicted octanol–water partition coefficient (Wildman–Crippen LogP) is 3.26. The fourth-order valence-electron chi connectivity index (χ4n) is 2.71. The first-order valence-corrected chi connectivity index (χ1v) is 7.27. The van der Waals surface area contributed by atoms with Crippen molar-refractivity contribution in [2.75, 3.05) is 13.1 Å². The fourth-order valence-corrected chi connectivity index (χ4v) is 2.71. The van der Waals surface area contributed by atoms with Crippen molar-refractivity contribution in [2.45, 2.75) is 26.8 Å². The number of carbonyl (C=O) groups is 1. The minimum atomic E-state index is -0.911. The molecule has 1 aromatic rings. The summed E-state index contributed by atoms with van der Waals surface area (Å²) in [6, 6.07) is 8.13. The van der Waals surface area contributed by atoms with Crippen LogP contribution in [0.4, 0.5) is 0 Å². The highest BCUT2D eigenvalue weighted by molar-refractivity contribution is 5.85. The van der Waals surface area contributed by atoms with E-state index in [9.17, 15) is 4.79 Å². The summed E-state index contributed by atoms with van der Waals surface area (Å²) in [6.45, 7) is 7.98. The van der Waals surface area contributed by atoms with Gasteiger partial charge in [0.15, 0.2) is 0 Å². The Morgan fingerprint density at radius 3 is 2.65 bits per heavy atom. The number of carboxylic acids is 1. The molecule has 1 aliphatic heterocycles. The molecule has 1 aromatic carbocycles. The lowest BCUT2D eigenvalue weighted by atomic mass is 9.95. The molecular weight excluding hydrogens is 250 g/mol. The van der Waals surface area contributed by atoms with Crippen LogP contribution < -0.4 is 0 Å². The lowest BCUT2D eigenvalue weighted by molar-refractivity contribution is -0.131. The average molecular weight is 273 g/mol. The van der Waals surface area contributed by atoms with Gasteiger partial charge < -0.3 is 5.11 Å². The molecule has 0 amide bonds. The Morgan fingerprint density at radius 2 is 2.10 bits per heavy atom. The monoisotopic (exact) mass is 273 g/mol. The van der Waals surface area contributed by atoms with Gasteiger partial charge in [-0.2, -0.15) is 0 Å². The summed E-state index contributed by atoms with van der Waals surface area (Å²) in [6.07, 6.45) is 4.09. The standard InChI is InChI=1S/C17H23NO2/c1-13(2)16-9-10-18(12-16)11-15-5-3-14(4-6-15)7-8-17(19)20/h3-8,13,16H,9-12H2,1-2H3,(H,19,20)/b8-7+. The normalized spacial score (nSPS) is 20.1. The highest BCUT2D eigenvalue weighted by Gasteiger charge is 2.24. The van der Waals surface area contributed by atoms with E-state index < -0.39 is 5.97 Å². The van der Waals surface area contributed by atoms with E-state index in [4.69, 9.17) is 5.11 Å². The summed E-state index contributed by atoms with van der Waals surface area (Å²) < 4.78 is 0. The molecule has 1 unspecified atom stereocenters. The first-order chi connectivity index (χ1) is 9.54. The Morgan fingerprint density at radius 1 is 1.40 bits per heavy atom. The molecule has 1 aliphatic rings. The molecule has 108 valence electrons. The molecule has 0 saturated carbocycles. The average Bonchev–Trinajstić information content (AvgIpc) is 2.86. The van der Waals surface area contributed by atoms with Crippen LogP contribution in [0, 0.1) is 11.8 Å². The number of hydrogen-bond acceptors (Lipinski definition) is 2. The summed E-state index contributed by atoms with van der Waals surface area (Å²) in [4.78, 5) is 13.0. The van der Waals surface area contributed by atoms with E-state index in [2.05, 4.69) is 30.9 Å². The first kappa shape index (κ1) is 14.8. The van der Waals surface area contributed by atoms with E-state index in [-0.39, 0.29) is 0 Å². The Balaban J connectivity index is 1.90. The molecule has 1 fully saturated rings. The van der Waals surface area contributed by atoms with Crippen LogP contribution in [0.3, 0.4) is 0 Å². The van der Waals surface area contributed by atoms with Gasteiger partial charge in [0.2, 0.25) is 0 Å². The Bertz CT molecular complexity index is 476. The quantitative estimate of drug-likeness (QED) is 0.837. The second-order valence-electron chi connectivity index (χ2n) is 5.94. The zero-order valence-electron chi connectivity index (χ0n) is 12.2. The molecule has 0 radical (unpaired) electrons. The number of likely N-dealkylation sites (tertiary alicyclic amines) is 1. The largest absolute Gasteiger partial charge is 0.478 e. The molecule has 3 heteroatoms. The molecule has 1 N–H and O–H groups in total. The van der Waals surface area contributed by atoms with Crippen LogP contribution in [0.5, 0.6) is 0 Å². The van der Waals surface area contributed by atoms with Crippen molar-refractivity contribution in [1.82, 2.24) is 4.90 Å². The van der Waals surface area contributed by atoms with E-state index in [1.165, 1.54) is 31.1 Å². The highest BCUT2D eigenvalue weighted by atomic mass is 16.4. The van der Waals surface area contributed by atoms with Gasteiger partial charge >= 0.3 is 5.97 Å². The SMILES string of the molecule is CC(C)C1CCN(Cc2ccc(/C=C/C(=O)O)cc2)C1. The topological polar surface area (TPSA) is 40.5 Å². The van der Waals surface area contributed by atoms with Gasteiger partial charge in [0.25, 0.3) is 0 Å². The molecule has 1 atom stereocenters. The van der Waals surface area contributed by atoms with Crippen molar-refractivity contribution < 1.29 is 9.90 Å². The predicted molar refractivity (Wildman–Crippen MR) is 81.3 cm³/mol. The summed E-state index contributed by atoms with van der Waals surface area (Å²) in [5.74, 6) is 0.683. The number of benzene rings is 1. The Labute approximate surface area is 120 Å². The molecule has 0 bridgehead atoms. The zero-order chi connectivity index (χ0) is 14.5.